The van der Waals surface area contributed by atoms with Crippen molar-refractivity contribution in [3.63, 3.8) is 0 Å². The minimum atomic E-state index is -0.507. The maximum absolute atomic E-state index is 15.0. The van der Waals surface area contributed by atoms with Gasteiger partial charge in [-0.25, -0.2) is 9.97 Å². The number of esters is 2. The average molecular weight is 1170 g/mol. The SMILES string of the molecule is C=CC1=C(C)c2cc3[n-]c(c(CC(=O)OC)c4[nH+]c(cc5[n-]c(cc1[nH+]2)c(C=NCc1ccc(OC)cc1)c5CC)C(C)=C4C(=O)NCc1ccc(OC)cc1)C(CCC(=O)OC/C=C(\C)CCCC(C)CCCC(C)CCCC(C)C)C3C.[Mg+2]. The molecule has 0 spiro atoms. The van der Waals surface area contributed by atoms with Gasteiger partial charge in [0.05, 0.1) is 39.9 Å². The Morgan fingerprint density at radius 1 is 0.753 bits per heavy atom. The topological polar surface area (TPSA) is 169 Å². The standard InChI is InChI=1S/C71H91N6O7.Mg/c1-14-55-48(8)60-38-61-49(9)57(33-34-66(78)84-36-35-47(7)24-18-23-46(6)22-17-21-45(5)20-16-19-44(3)4)69(76-61)58(37-67(79)83-13)70-68(71(80)73-42-52-27-31-54(82-12)32-28-52)50(10)62(77-70)39-64-56(15-2)59(65(75-64)40-63(55)74-60)43-72-41-51-25-29-53(81-11)30-26-51;/h14,25-32,35,38-40,43-46,49,57H,1,15-24,33-34,36-37,41-42H2,2-13H3,(H2-,72,73,74,75,76,77,80);/q-1;+2/p+1/b47-35+;. The van der Waals surface area contributed by atoms with Crippen LogP contribution in [0, 0.1) is 17.8 Å². The Balaban J connectivity index is 0.0000116. The quantitative estimate of drug-likeness (QED) is 0.0241. The van der Waals surface area contributed by atoms with Crippen LogP contribution < -0.4 is 34.7 Å². The van der Waals surface area contributed by atoms with E-state index in [1.165, 1.54) is 57.6 Å². The molecule has 4 aromatic rings. The number of aromatic nitrogens is 4. The molecule has 3 N–H and O–H groups in total. The molecule has 3 aliphatic rings. The van der Waals surface area contributed by atoms with E-state index >= 15 is 0 Å². The zero-order chi connectivity index (χ0) is 60.5. The van der Waals surface area contributed by atoms with Crippen LogP contribution >= 0.6 is 0 Å². The number of hydrogen-bond acceptors (Lipinski definition) is 8. The number of hydrogen-bond donors (Lipinski definition) is 1. The molecule has 2 aromatic heterocycles. The molecular formula is C71H92MgN6O7+2. The summed E-state index contributed by atoms with van der Waals surface area (Å²) in [6, 6.07) is 21.5. The molecule has 7 rings (SSSR count). The van der Waals surface area contributed by atoms with Crippen molar-refractivity contribution in [1.82, 2.24) is 15.3 Å². The largest absolute Gasteiger partial charge is 2.00 e. The van der Waals surface area contributed by atoms with Crippen LogP contribution in [-0.4, -0.2) is 75.0 Å². The van der Waals surface area contributed by atoms with Gasteiger partial charge in [-0.15, -0.1) is 22.4 Å². The first-order valence-electron chi connectivity index (χ1n) is 30.5. The van der Waals surface area contributed by atoms with Gasteiger partial charge in [0.15, 0.2) is 0 Å². The Morgan fingerprint density at radius 2 is 1.38 bits per heavy atom. The second-order valence-electron chi connectivity index (χ2n) is 23.7. The van der Waals surface area contributed by atoms with Crippen LogP contribution in [0.5, 0.6) is 11.5 Å². The third-order valence-electron chi connectivity index (χ3n) is 17.0. The Morgan fingerprint density at radius 3 is 2.00 bits per heavy atom. The predicted molar refractivity (Wildman–Crippen MR) is 343 cm³/mol. The number of H-pyrrole nitrogens is 2. The van der Waals surface area contributed by atoms with Gasteiger partial charge in [-0.1, -0.05) is 135 Å². The maximum atomic E-state index is 15.0. The van der Waals surface area contributed by atoms with Crippen LogP contribution in [0.2, 0.25) is 0 Å². The molecule has 4 atom stereocenters. The summed E-state index contributed by atoms with van der Waals surface area (Å²) < 4.78 is 22.1. The van der Waals surface area contributed by atoms with Gasteiger partial charge in [0.1, 0.15) is 23.7 Å². The minimum Gasteiger partial charge on any atom is -0.664 e. The molecule has 0 saturated carbocycles. The van der Waals surface area contributed by atoms with Gasteiger partial charge >= 0.3 is 35.0 Å². The summed E-state index contributed by atoms with van der Waals surface area (Å²) in [5.74, 6) is 2.00. The number of benzene rings is 2. The van der Waals surface area contributed by atoms with E-state index < -0.39 is 5.97 Å². The maximum Gasteiger partial charge on any atom is 2.00 e. The number of aliphatic imine (C=N–C) groups is 1. The summed E-state index contributed by atoms with van der Waals surface area (Å²) in [6.07, 6.45) is 17.8. The molecule has 0 saturated heterocycles. The van der Waals surface area contributed by atoms with Gasteiger partial charge in [-0.05, 0) is 141 Å². The fourth-order valence-electron chi connectivity index (χ4n) is 11.7. The minimum absolute atomic E-state index is 0. The monoisotopic (exact) mass is 1160 g/mol. The van der Waals surface area contributed by atoms with Gasteiger partial charge in [0, 0.05) is 35.9 Å². The van der Waals surface area contributed by atoms with Crippen molar-refractivity contribution < 1.29 is 43.3 Å². The third kappa shape index (κ3) is 18.1. The van der Waals surface area contributed by atoms with Crippen LogP contribution in [0.4, 0.5) is 0 Å². The summed E-state index contributed by atoms with van der Waals surface area (Å²) in [6.45, 7) is 24.8. The van der Waals surface area contributed by atoms with Gasteiger partial charge in [0.2, 0.25) is 22.8 Å². The number of allylic oxidation sites excluding steroid dienone is 5. The first-order valence-corrected chi connectivity index (χ1v) is 30.5. The van der Waals surface area contributed by atoms with Crippen LogP contribution in [0.25, 0.3) is 33.3 Å². The van der Waals surface area contributed by atoms with Crippen LogP contribution in [-0.2, 0) is 49.8 Å². The van der Waals surface area contributed by atoms with Crippen LogP contribution in [0.3, 0.4) is 0 Å². The van der Waals surface area contributed by atoms with E-state index in [0.717, 1.165) is 80.9 Å². The number of carbonyl (C=O) groups is 3. The second kappa shape index (κ2) is 32.7. The van der Waals surface area contributed by atoms with Crippen LogP contribution in [0.15, 0.2) is 96.0 Å². The van der Waals surface area contributed by atoms with Crippen molar-refractivity contribution in [2.24, 2.45) is 22.7 Å². The molecule has 0 radical (unpaired) electrons. The number of carbonyl (C=O) groups excluding carboxylic acids is 3. The van der Waals surface area contributed by atoms with Gasteiger partial charge in [-0.3, -0.25) is 19.4 Å². The van der Waals surface area contributed by atoms with E-state index in [9.17, 15) is 14.4 Å². The Kier molecular flexibility index (Phi) is 25.9. The molecule has 2 aromatic carbocycles. The Bertz CT molecular complexity index is 3310. The summed E-state index contributed by atoms with van der Waals surface area (Å²) in [7, 11) is 4.62. The van der Waals surface area contributed by atoms with Crippen molar-refractivity contribution in [3.05, 3.63) is 153 Å². The van der Waals surface area contributed by atoms with Crippen molar-refractivity contribution >= 4 is 80.4 Å². The van der Waals surface area contributed by atoms with E-state index in [1.54, 1.807) is 14.2 Å². The number of aromatic amines is 2. The average Bonchev–Trinajstić information content (AvgIpc) is 3.26. The smallest absolute Gasteiger partial charge is 0.664 e. The summed E-state index contributed by atoms with van der Waals surface area (Å²) in [5.41, 5.74) is 13.8. The normalized spacial score (nSPS) is 15.4. The Labute approximate surface area is 521 Å². The molecule has 448 valence electrons. The summed E-state index contributed by atoms with van der Waals surface area (Å²) in [4.78, 5) is 65.7. The zero-order valence-electron chi connectivity index (χ0n) is 52.9. The molecule has 4 unspecified atom stereocenters. The fourth-order valence-corrected chi connectivity index (χ4v) is 11.7. The first kappa shape index (κ1) is 67.4. The number of amides is 1. The van der Waals surface area contributed by atoms with Gasteiger partial charge < -0.3 is 34.2 Å². The molecule has 0 aliphatic carbocycles. The van der Waals surface area contributed by atoms with Crippen molar-refractivity contribution in [1.29, 1.82) is 0 Å². The van der Waals surface area contributed by atoms with Crippen molar-refractivity contribution in [2.45, 2.75) is 171 Å². The second-order valence-corrected chi connectivity index (χ2v) is 23.7. The molecule has 1 amide bonds. The molecule has 14 heteroatoms. The number of fused-ring (bicyclic) bond motifs is 8. The van der Waals surface area contributed by atoms with E-state index in [-0.39, 0.29) is 72.8 Å². The van der Waals surface area contributed by atoms with E-state index in [1.807, 2.05) is 86.0 Å². The number of ether oxygens (including phenoxy) is 4. The molecular weight excluding hydrogens is 1070 g/mol. The van der Waals surface area contributed by atoms with Crippen molar-refractivity contribution in [2.75, 3.05) is 27.9 Å². The van der Waals surface area contributed by atoms with Crippen molar-refractivity contribution in [3.8, 4) is 11.5 Å². The molecule has 13 nitrogen and oxygen atoms in total. The van der Waals surface area contributed by atoms with E-state index in [0.29, 0.717) is 75.9 Å². The number of rotatable bonds is 29. The molecule has 8 bridgehead atoms. The van der Waals surface area contributed by atoms with E-state index in [2.05, 4.69) is 83.3 Å². The van der Waals surface area contributed by atoms with Crippen LogP contribution in [0.1, 0.15) is 207 Å². The van der Waals surface area contributed by atoms with E-state index in [4.69, 9.17) is 33.9 Å². The molecule has 3 aliphatic heterocycles. The summed E-state index contributed by atoms with van der Waals surface area (Å²) >= 11 is 0. The number of methoxy groups -OCH3 is 3. The number of nitrogens with one attached hydrogen (secondary N) is 3. The fraction of sp³-hybridized carbons (Fsp3) is 0.465. The third-order valence-corrected chi connectivity index (χ3v) is 17.0. The first-order chi connectivity index (χ1) is 40.4. The summed E-state index contributed by atoms with van der Waals surface area (Å²) in [5, 5.41) is 3.17. The Hall–Kier alpha value is -6.77. The molecule has 0 fully saturated rings. The van der Waals surface area contributed by atoms with Gasteiger partial charge in [0.25, 0.3) is 5.91 Å². The molecule has 5 heterocycles. The number of aryl methyl sites for hydroxylation is 1. The number of nitrogens with zero attached hydrogens (tertiary/aromatic N) is 3. The molecule has 85 heavy (non-hydrogen) atoms. The van der Waals surface area contributed by atoms with Gasteiger partial charge in [-0.2, -0.15) is 0 Å². The zero-order valence-corrected chi connectivity index (χ0v) is 54.3. The predicted octanol–water partition coefficient (Wildman–Crippen LogP) is 13.6.